The Morgan fingerprint density at radius 1 is 0.833 bits per heavy atom. The first kappa shape index (κ1) is 18.1. The van der Waals surface area contributed by atoms with Gasteiger partial charge >= 0.3 is 0 Å². The van der Waals surface area contributed by atoms with Crippen molar-refractivity contribution in [3.8, 4) is 11.5 Å². The van der Waals surface area contributed by atoms with E-state index in [1.54, 1.807) is 14.2 Å². The summed E-state index contributed by atoms with van der Waals surface area (Å²) < 4.78 is 10.4. The number of Topliss-reactive ketones (excluding diaryl/α,β-unsaturated/α-hetero) is 1. The third-order valence-electron chi connectivity index (χ3n) is 4.62. The van der Waals surface area contributed by atoms with Gasteiger partial charge in [0.2, 0.25) is 0 Å². The zero-order valence-electron chi connectivity index (χ0n) is 14.9. The molecular weight excluding hydrogens is 300 g/mol. The monoisotopic (exact) mass is 326 g/mol. The Kier molecular flexibility index (Phi) is 6.42. The van der Waals surface area contributed by atoms with Gasteiger partial charge in [0, 0.05) is 11.5 Å². The van der Waals surface area contributed by atoms with E-state index in [-0.39, 0.29) is 17.6 Å². The topological polar surface area (TPSA) is 35.5 Å². The maximum atomic E-state index is 13.0. The molecule has 0 saturated carbocycles. The molecule has 0 N–H and O–H groups in total. The van der Waals surface area contributed by atoms with Crippen molar-refractivity contribution in [1.82, 2.24) is 0 Å². The summed E-state index contributed by atoms with van der Waals surface area (Å²) >= 11 is 0. The molecule has 0 saturated heterocycles. The van der Waals surface area contributed by atoms with Crippen LogP contribution < -0.4 is 9.47 Å². The average molecular weight is 326 g/mol. The smallest absolute Gasteiger partial charge is 0.166 e. The number of carbonyl (C=O) groups excluding carboxylic acids is 1. The Bertz CT molecular complexity index is 644. The molecule has 2 aromatic rings. The lowest BCUT2D eigenvalue weighted by atomic mass is 9.78. The summed E-state index contributed by atoms with van der Waals surface area (Å²) in [5.74, 6) is 1.97. The lowest BCUT2D eigenvalue weighted by molar-refractivity contribution is 0.0893. The number of hydrogen-bond donors (Lipinski definition) is 0. The van der Waals surface area contributed by atoms with Crippen molar-refractivity contribution in [2.45, 2.75) is 32.6 Å². The number of methoxy groups -OCH3 is 2. The molecule has 24 heavy (non-hydrogen) atoms. The van der Waals surface area contributed by atoms with Gasteiger partial charge in [0.05, 0.1) is 14.2 Å². The molecule has 3 heteroatoms. The number of rotatable bonds is 8. The van der Waals surface area contributed by atoms with Crippen LogP contribution in [-0.4, -0.2) is 20.0 Å². The van der Waals surface area contributed by atoms with Crippen LogP contribution in [0.3, 0.4) is 0 Å². The highest BCUT2D eigenvalue weighted by Crippen LogP contribution is 2.34. The fourth-order valence-corrected chi connectivity index (χ4v) is 3.23. The maximum absolute atomic E-state index is 13.0. The molecule has 0 aliphatic rings. The van der Waals surface area contributed by atoms with Gasteiger partial charge < -0.3 is 9.47 Å². The first-order valence-electron chi connectivity index (χ1n) is 8.46. The van der Waals surface area contributed by atoms with Crippen molar-refractivity contribution in [2.75, 3.05) is 14.2 Å². The molecule has 128 valence electrons. The normalized spacial score (nSPS) is 13.2. The molecule has 2 rings (SSSR count). The van der Waals surface area contributed by atoms with E-state index in [0.29, 0.717) is 0 Å². The molecule has 0 amide bonds. The van der Waals surface area contributed by atoms with Gasteiger partial charge in [0.1, 0.15) is 11.5 Å². The minimum Gasteiger partial charge on any atom is -0.497 e. The summed E-state index contributed by atoms with van der Waals surface area (Å²) in [7, 11) is 3.29. The van der Waals surface area contributed by atoms with Crippen LogP contribution in [0.4, 0.5) is 0 Å². The zero-order valence-corrected chi connectivity index (χ0v) is 14.9. The Balaban J connectivity index is 2.26. The maximum Gasteiger partial charge on any atom is 0.166 e. The highest BCUT2D eigenvalue weighted by atomic mass is 16.5. The summed E-state index contributed by atoms with van der Waals surface area (Å²) in [4.78, 5) is 13.0. The van der Waals surface area contributed by atoms with Gasteiger partial charge in [-0.3, -0.25) is 4.79 Å². The van der Waals surface area contributed by atoms with Gasteiger partial charge in [-0.15, -0.1) is 0 Å². The van der Waals surface area contributed by atoms with Crippen LogP contribution in [0, 0.1) is 5.92 Å². The largest absolute Gasteiger partial charge is 0.497 e. The summed E-state index contributed by atoms with van der Waals surface area (Å²) in [6.07, 6.45) is 1.74. The Morgan fingerprint density at radius 3 is 1.75 bits per heavy atom. The number of benzene rings is 2. The highest BCUT2D eigenvalue weighted by Gasteiger charge is 2.27. The van der Waals surface area contributed by atoms with Crippen LogP contribution in [0.2, 0.25) is 0 Å². The molecule has 0 aromatic heterocycles. The average Bonchev–Trinajstić information content (AvgIpc) is 2.65. The lowest BCUT2D eigenvalue weighted by Gasteiger charge is -2.25. The predicted molar refractivity (Wildman–Crippen MR) is 97.1 cm³/mol. The summed E-state index contributed by atoms with van der Waals surface area (Å²) in [5, 5.41) is 0. The Labute approximate surface area is 144 Å². The predicted octanol–water partition coefficient (Wildman–Crippen LogP) is 5.11. The third-order valence-corrected chi connectivity index (χ3v) is 4.62. The van der Waals surface area contributed by atoms with Crippen LogP contribution in [0.1, 0.15) is 48.5 Å². The van der Waals surface area contributed by atoms with Gasteiger partial charge in [0.15, 0.2) is 5.78 Å². The van der Waals surface area contributed by atoms with E-state index < -0.39 is 0 Å². The van der Waals surface area contributed by atoms with Crippen LogP contribution in [0.5, 0.6) is 11.5 Å². The first-order chi connectivity index (χ1) is 11.6. The standard InChI is InChI=1S/C21H26O3/c1-5-19(15-7-11-17(23-3)12-8-15)20(6-2)21(22)16-9-13-18(24-4)14-10-16/h7-14,19-20H,5-6H2,1-4H3. The molecule has 0 bridgehead atoms. The number of ketones is 1. The van der Waals surface area contributed by atoms with Gasteiger partial charge in [-0.2, -0.15) is 0 Å². The Morgan fingerprint density at radius 2 is 1.33 bits per heavy atom. The fourth-order valence-electron chi connectivity index (χ4n) is 3.23. The van der Waals surface area contributed by atoms with Gasteiger partial charge in [0.25, 0.3) is 0 Å². The quantitative estimate of drug-likeness (QED) is 0.633. The summed E-state index contributed by atoms with van der Waals surface area (Å²) in [6, 6.07) is 15.4. The minimum absolute atomic E-state index is 0.0308. The van der Waals surface area contributed by atoms with Crippen LogP contribution >= 0.6 is 0 Å². The van der Waals surface area contributed by atoms with Crippen molar-refractivity contribution in [3.63, 3.8) is 0 Å². The minimum atomic E-state index is -0.0308. The molecule has 0 spiro atoms. The zero-order chi connectivity index (χ0) is 17.5. The second kappa shape index (κ2) is 8.53. The van der Waals surface area contributed by atoms with E-state index >= 15 is 0 Å². The van der Waals surface area contributed by atoms with E-state index in [2.05, 4.69) is 26.0 Å². The van der Waals surface area contributed by atoms with Crippen molar-refractivity contribution in [1.29, 1.82) is 0 Å². The highest BCUT2D eigenvalue weighted by molar-refractivity contribution is 5.98. The van der Waals surface area contributed by atoms with E-state index in [1.165, 1.54) is 5.56 Å². The molecule has 0 radical (unpaired) electrons. The number of carbonyl (C=O) groups is 1. The second-order valence-corrected chi connectivity index (χ2v) is 5.90. The molecule has 0 heterocycles. The second-order valence-electron chi connectivity index (χ2n) is 5.90. The van der Waals surface area contributed by atoms with Crippen molar-refractivity contribution >= 4 is 5.78 Å². The van der Waals surface area contributed by atoms with Crippen molar-refractivity contribution in [2.24, 2.45) is 5.92 Å². The first-order valence-corrected chi connectivity index (χ1v) is 8.46. The number of hydrogen-bond acceptors (Lipinski definition) is 3. The molecule has 3 nitrogen and oxygen atoms in total. The van der Waals surface area contributed by atoms with E-state index in [0.717, 1.165) is 29.9 Å². The molecule has 2 aromatic carbocycles. The summed E-state index contributed by atoms with van der Waals surface area (Å²) in [5.41, 5.74) is 1.93. The van der Waals surface area contributed by atoms with Crippen LogP contribution in [-0.2, 0) is 0 Å². The molecule has 0 fully saturated rings. The van der Waals surface area contributed by atoms with Gasteiger partial charge in [-0.1, -0.05) is 26.0 Å². The van der Waals surface area contributed by atoms with E-state index in [4.69, 9.17) is 9.47 Å². The van der Waals surface area contributed by atoms with E-state index in [1.807, 2.05) is 36.4 Å². The van der Waals surface area contributed by atoms with Crippen LogP contribution in [0.25, 0.3) is 0 Å². The van der Waals surface area contributed by atoms with Gasteiger partial charge in [-0.05, 0) is 60.7 Å². The van der Waals surface area contributed by atoms with Crippen LogP contribution in [0.15, 0.2) is 48.5 Å². The molecule has 0 aliphatic carbocycles. The SMILES string of the molecule is CCC(C(=O)c1ccc(OC)cc1)C(CC)c1ccc(OC)cc1. The lowest BCUT2D eigenvalue weighted by Crippen LogP contribution is -2.22. The van der Waals surface area contributed by atoms with E-state index in [9.17, 15) is 4.79 Å². The molecular formula is C21H26O3. The Hall–Kier alpha value is -2.29. The third kappa shape index (κ3) is 3.97. The number of ether oxygens (including phenoxy) is 2. The molecule has 0 aliphatic heterocycles. The van der Waals surface area contributed by atoms with Crippen molar-refractivity contribution < 1.29 is 14.3 Å². The summed E-state index contributed by atoms with van der Waals surface area (Å²) in [6.45, 7) is 4.22. The molecule has 2 atom stereocenters. The van der Waals surface area contributed by atoms with Gasteiger partial charge in [-0.25, -0.2) is 0 Å². The van der Waals surface area contributed by atoms with Crippen molar-refractivity contribution in [3.05, 3.63) is 59.7 Å². The fraction of sp³-hybridized carbons (Fsp3) is 0.381. The molecule has 2 unspecified atom stereocenters.